The highest BCUT2D eigenvalue weighted by Crippen LogP contribution is 2.42. The Morgan fingerprint density at radius 2 is 1.27 bits per heavy atom. The van der Waals surface area contributed by atoms with Crippen molar-refractivity contribution in [1.82, 2.24) is 9.80 Å². The Balaban J connectivity index is 0.994. The van der Waals surface area contributed by atoms with Crippen LogP contribution in [-0.2, 0) is 31.1 Å². The van der Waals surface area contributed by atoms with Crippen molar-refractivity contribution in [2.45, 2.75) is 45.3 Å². The van der Waals surface area contributed by atoms with Crippen LogP contribution in [0.4, 0.5) is 17.1 Å². The van der Waals surface area contributed by atoms with E-state index in [2.05, 4.69) is 30.6 Å². The number of nitrogens with zero attached hydrogens (tertiary/aromatic N) is 5. The molecule has 9 rings (SSSR count). The third-order valence-corrected chi connectivity index (χ3v) is 12.3. The fourth-order valence-electron chi connectivity index (χ4n) is 8.59. The molecule has 0 unspecified atom stereocenters. The predicted octanol–water partition coefficient (Wildman–Crippen LogP) is 7.35. The number of fused-ring (bicyclic) bond motifs is 8. The second-order valence-electron chi connectivity index (χ2n) is 15.6. The SMILES string of the molecule is COc1cc2c(cc1OCc1cc(COc3cc4c(cc3C)C(=O)N3Cc5ccccc5[C@H]3[C-]=[N+]4C)cc(N(C)C(=O)CSC)c1)[N+](C)=[C-][C@@H]1c3ccccc3CN1C2=O. The lowest BCUT2D eigenvalue weighted by molar-refractivity contribution is -0.401. The lowest BCUT2D eigenvalue weighted by Gasteiger charge is -2.23. The van der Waals surface area contributed by atoms with Crippen molar-refractivity contribution in [2.75, 3.05) is 45.2 Å². The first-order chi connectivity index (χ1) is 29.0. The molecule has 4 aliphatic heterocycles. The molecule has 2 atom stereocenters. The van der Waals surface area contributed by atoms with Gasteiger partial charge in [-0.15, -0.1) is 0 Å². The van der Waals surface area contributed by atoms with E-state index in [1.54, 1.807) is 25.1 Å². The van der Waals surface area contributed by atoms with Crippen LogP contribution >= 0.6 is 11.8 Å². The van der Waals surface area contributed by atoms with Crippen LogP contribution in [0.2, 0.25) is 0 Å². The number of methoxy groups -OCH3 is 1. The van der Waals surface area contributed by atoms with E-state index in [0.29, 0.717) is 58.6 Å². The van der Waals surface area contributed by atoms with Gasteiger partial charge in [0, 0.05) is 37.0 Å². The van der Waals surface area contributed by atoms with Crippen LogP contribution in [0.25, 0.3) is 0 Å². The van der Waals surface area contributed by atoms with Gasteiger partial charge in [0.1, 0.15) is 38.8 Å². The number of hydrogen-bond donors (Lipinski definition) is 0. The van der Waals surface area contributed by atoms with Crippen LogP contribution < -0.4 is 19.1 Å². The van der Waals surface area contributed by atoms with Crippen LogP contribution in [0.5, 0.6) is 17.2 Å². The average Bonchev–Trinajstić information content (AvgIpc) is 3.76. The van der Waals surface area contributed by atoms with Crippen LogP contribution in [0.3, 0.4) is 0 Å². The van der Waals surface area contributed by atoms with Crippen LogP contribution in [-0.4, -0.2) is 89.4 Å². The van der Waals surface area contributed by atoms with Crippen molar-refractivity contribution in [2.24, 2.45) is 0 Å². The zero-order valence-corrected chi connectivity index (χ0v) is 35.3. The second kappa shape index (κ2) is 15.6. The monoisotopic (exact) mass is 819 g/mol. The largest absolute Gasteiger partial charge is 0.493 e. The molecule has 0 fully saturated rings. The summed E-state index contributed by atoms with van der Waals surface area (Å²) in [6, 6.07) is 28.9. The van der Waals surface area contributed by atoms with Crippen molar-refractivity contribution >= 4 is 59.0 Å². The second-order valence-corrected chi connectivity index (χ2v) is 16.4. The summed E-state index contributed by atoms with van der Waals surface area (Å²) in [5, 5.41) is 0. The Morgan fingerprint density at radius 3 is 1.82 bits per heavy atom. The van der Waals surface area contributed by atoms with Crippen LogP contribution in [0, 0.1) is 6.92 Å². The summed E-state index contributed by atoms with van der Waals surface area (Å²) in [6.45, 7) is 3.32. The standard InChI is InChI=1S/C48H45N5O6S/c1-29-15-37-39(49(2)24-41-35-13-9-7-11-32(35)22-52(41)47(37)55)20-43(29)58-26-30-16-31(18-34(17-30)51(4)46(54)28-60-6)27-59-45-21-40-38(19-44(45)57-5)48(56)53-23-33-12-8-10-14-36(33)42(53)25-50(40)3/h7-21,41-42H,22-23,26-28H2,1-6H3/t41-,42-/m1/s1. The molecule has 5 aromatic carbocycles. The third-order valence-electron chi connectivity index (χ3n) is 11.8. The summed E-state index contributed by atoms with van der Waals surface area (Å²) in [4.78, 5) is 46.4. The number of benzene rings is 5. The highest BCUT2D eigenvalue weighted by molar-refractivity contribution is 7.99. The van der Waals surface area contributed by atoms with E-state index in [1.807, 2.05) is 113 Å². The maximum atomic E-state index is 14.0. The number of carbonyl (C=O) groups is 3. The normalized spacial score (nSPS) is 17.2. The van der Waals surface area contributed by atoms with Gasteiger partial charge in [-0.3, -0.25) is 14.4 Å². The summed E-state index contributed by atoms with van der Waals surface area (Å²) >= 11 is 1.47. The number of aryl methyl sites for hydroxylation is 1. The molecule has 4 aliphatic rings. The number of anilines is 1. The number of thioether (sulfide) groups is 1. The van der Waals surface area contributed by atoms with E-state index in [-0.39, 0.29) is 43.0 Å². The number of rotatable bonds is 10. The van der Waals surface area contributed by atoms with Crippen LogP contribution in [0.1, 0.15) is 71.7 Å². The Kier molecular flexibility index (Phi) is 10.2. The third kappa shape index (κ3) is 6.88. The molecule has 4 heterocycles. The number of amides is 3. The van der Waals surface area contributed by atoms with Gasteiger partial charge in [0.15, 0.2) is 5.75 Å². The van der Waals surface area contributed by atoms with E-state index in [1.165, 1.54) is 11.8 Å². The Morgan fingerprint density at radius 1 is 0.750 bits per heavy atom. The molecule has 0 saturated carbocycles. The molecule has 0 aliphatic carbocycles. The minimum atomic E-state index is -0.304. The van der Waals surface area contributed by atoms with Crippen molar-refractivity contribution < 1.29 is 37.7 Å². The van der Waals surface area contributed by atoms with Gasteiger partial charge in [-0.25, -0.2) is 0 Å². The van der Waals surface area contributed by atoms with E-state index < -0.39 is 0 Å². The summed E-state index contributed by atoms with van der Waals surface area (Å²) in [6.07, 6.45) is 8.93. The van der Waals surface area contributed by atoms with E-state index in [4.69, 9.17) is 14.2 Å². The zero-order valence-electron chi connectivity index (χ0n) is 34.4. The van der Waals surface area contributed by atoms with Gasteiger partial charge in [-0.1, -0.05) is 54.6 Å². The molecule has 5 aromatic rings. The Labute approximate surface area is 354 Å². The number of hydrogen-bond acceptors (Lipinski definition) is 7. The molecule has 0 radical (unpaired) electrons. The predicted molar refractivity (Wildman–Crippen MR) is 231 cm³/mol. The van der Waals surface area contributed by atoms with E-state index >= 15 is 0 Å². The topological polar surface area (TPSA) is 94.6 Å². The van der Waals surface area contributed by atoms with E-state index in [9.17, 15) is 14.4 Å². The van der Waals surface area contributed by atoms with Gasteiger partial charge < -0.3 is 38.1 Å². The average molecular weight is 820 g/mol. The minimum absolute atomic E-state index is 0.0341. The summed E-state index contributed by atoms with van der Waals surface area (Å²) in [5.41, 5.74) is 10.1. The molecule has 0 bridgehead atoms. The molecule has 0 N–H and O–H groups in total. The van der Waals surface area contributed by atoms with Crippen molar-refractivity contribution in [3.63, 3.8) is 0 Å². The Hall–Kier alpha value is -6.40. The molecule has 60 heavy (non-hydrogen) atoms. The zero-order chi connectivity index (χ0) is 41.8. The van der Waals surface area contributed by atoms with Gasteiger partial charge in [0.05, 0.1) is 48.8 Å². The summed E-state index contributed by atoms with van der Waals surface area (Å²) < 4.78 is 22.6. The highest BCUT2D eigenvalue weighted by Gasteiger charge is 2.37. The molecule has 304 valence electrons. The minimum Gasteiger partial charge on any atom is -0.493 e. The van der Waals surface area contributed by atoms with Crippen molar-refractivity contribution in [3.05, 3.63) is 141 Å². The van der Waals surface area contributed by atoms with Gasteiger partial charge in [0.2, 0.25) is 17.7 Å². The van der Waals surface area contributed by atoms with Gasteiger partial charge >= 0.3 is 0 Å². The first-order valence-electron chi connectivity index (χ1n) is 19.8. The molecule has 0 saturated heterocycles. The first-order valence-corrected chi connectivity index (χ1v) is 21.2. The maximum absolute atomic E-state index is 14.0. The molecular formula is C48H45N5O6S. The summed E-state index contributed by atoms with van der Waals surface area (Å²) in [7, 11) is 7.14. The molecule has 11 nitrogen and oxygen atoms in total. The smallest absolute Gasteiger partial charge is 0.242 e. The van der Waals surface area contributed by atoms with Crippen LogP contribution in [0.15, 0.2) is 91.0 Å². The molecule has 0 spiro atoms. The van der Waals surface area contributed by atoms with Gasteiger partial charge in [0.25, 0.3) is 0 Å². The molecule has 0 aromatic heterocycles. The number of carbonyl (C=O) groups excluding carboxylic acids is 3. The fraction of sp³-hybridized carbons (Fsp3) is 0.271. The first kappa shape index (κ1) is 39.1. The molecular weight excluding hydrogens is 775 g/mol. The van der Waals surface area contributed by atoms with Crippen molar-refractivity contribution in [3.8, 4) is 17.2 Å². The Bertz CT molecular complexity index is 2670. The lowest BCUT2D eigenvalue weighted by Crippen LogP contribution is -2.29. The maximum Gasteiger partial charge on any atom is 0.242 e. The highest BCUT2D eigenvalue weighted by atomic mass is 32.2. The van der Waals surface area contributed by atoms with Gasteiger partial charge in [-0.05, 0) is 88.5 Å². The van der Waals surface area contributed by atoms with Crippen molar-refractivity contribution in [1.29, 1.82) is 0 Å². The summed E-state index contributed by atoms with van der Waals surface area (Å²) in [5.74, 6) is 1.68. The molecule has 3 amide bonds. The quantitative estimate of drug-likeness (QED) is 0.108. The van der Waals surface area contributed by atoms with E-state index in [0.717, 1.165) is 44.6 Å². The van der Waals surface area contributed by atoms with Gasteiger partial charge in [-0.2, -0.15) is 11.8 Å². The number of ether oxygens (including phenoxy) is 3. The fourth-order valence-corrected chi connectivity index (χ4v) is 9.03. The lowest BCUT2D eigenvalue weighted by atomic mass is 10.1. The molecule has 12 heteroatoms.